The zero-order chi connectivity index (χ0) is 22.9. The van der Waals surface area contributed by atoms with Gasteiger partial charge in [-0.25, -0.2) is 4.98 Å². The third-order valence-corrected chi connectivity index (χ3v) is 5.76. The lowest BCUT2D eigenvalue weighted by atomic mass is 10.1. The quantitative estimate of drug-likeness (QED) is 0.563. The zero-order valence-electron chi connectivity index (χ0n) is 16.5. The van der Waals surface area contributed by atoms with E-state index in [-0.39, 0.29) is 31.1 Å². The summed E-state index contributed by atoms with van der Waals surface area (Å²) in [4.78, 5) is 42.0. The molecule has 0 atom stereocenters. The number of halogens is 3. The molecule has 0 radical (unpaired) electrons. The number of rotatable bonds is 5. The monoisotopic (exact) mass is 459 g/mol. The van der Waals surface area contributed by atoms with Crippen molar-refractivity contribution in [2.24, 2.45) is 0 Å². The smallest absolute Gasteiger partial charge is 0.298 e. The highest BCUT2D eigenvalue weighted by Crippen LogP contribution is 2.31. The molecule has 1 aromatic heterocycles. The summed E-state index contributed by atoms with van der Waals surface area (Å²) in [5.41, 5.74) is 0.492. The van der Waals surface area contributed by atoms with Crippen LogP contribution in [0.4, 0.5) is 24.0 Å². The number of thiazole rings is 1. The van der Waals surface area contributed by atoms with Crippen molar-refractivity contribution in [2.75, 3.05) is 10.2 Å². The Bertz CT molecular complexity index is 1170. The summed E-state index contributed by atoms with van der Waals surface area (Å²) >= 11 is 1.17. The van der Waals surface area contributed by atoms with E-state index in [1.54, 1.807) is 6.07 Å². The summed E-state index contributed by atoms with van der Waals surface area (Å²) in [5, 5.41) is 2.96. The normalized spacial score (nSPS) is 14.2. The molecule has 10 heteroatoms. The molecule has 164 valence electrons. The van der Waals surface area contributed by atoms with Crippen LogP contribution in [0.5, 0.6) is 0 Å². The molecule has 1 aliphatic heterocycles. The van der Waals surface area contributed by atoms with Gasteiger partial charge in [0, 0.05) is 35.9 Å². The van der Waals surface area contributed by atoms with Crippen LogP contribution in [0.3, 0.4) is 0 Å². The number of hydrogen-bond donors (Lipinski definition) is 1. The second-order valence-corrected chi connectivity index (χ2v) is 8.25. The molecule has 2 heterocycles. The highest BCUT2D eigenvalue weighted by atomic mass is 32.1. The molecule has 0 unspecified atom stereocenters. The minimum Gasteiger partial charge on any atom is -0.298 e. The summed E-state index contributed by atoms with van der Waals surface area (Å²) in [6.45, 7) is 0. The molecule has 6 nitrogen and oxygen atoms in total. The lowest BCUT2D eigenvalue weighted by molar-refractivity contribution is -0.137. The second kappa shape index (κ2) is 8.54. The molecule has 32 heavy (non-hydrogen) atoms. The number of carbonyl (C=O) groups is 3. The van der Waals surface area contributed by atoms with E-state index in [1.165, 1.54) is 47.9 Å². The van der Waals surface area contributed by atoms with Crippen molar-refractivity contribution in [2.45, 2.75) is 25.4 Å². The topological polar surface area (TPSA) is 79.4 Å². The van der Waals surface area contributed by atoms with Crippen LogP contribution in [0, 0.1) is 0 Å². The highest BCUT2D eigenvalue weighted by Gasteiger charge is 2.31. The third-order valence-electron chi connectivity index (χ3n) is 4.85. The average Bonchev–Trinajstić information content (AvgIpc) is 3.33. The van der Waals surface area contributed by atoms with E-state index in [9.17, 15) is 27.6 Å². The fraction of sp³-hybridized carbons (Fsp3) is 0.182. The van der Waals surface area contributed by atoms with E-state index < -0.39 is 17.6 Å². The van der Waals surface area contributed by atoms with Gasteiger partial charge in [-0.05, 0) is 35.9 Å². The first-order chi connectivity index (χ1) is 15.2. The van der Waals surface area contributed by atoms with Gasteiger partial charge in [-0.1, -0.05) is 18.2 Å². The Hall–Kier alpha value is -3.53. The first kappa shape index (κ1) is 21.7. The minimum absolute atomic E-state index is 0.175. The van der Waals surface area contributed by atoms with E-state index in [4.69, 9.17) is 0 Å². The van der Waals surface area contributed by atoms with Gasteiger partial charge in [0.2, 0.25) is 11.8 Å². The van der Waals surface area contributed by atoms with Crippen molar-refractivity contribution >= 4 is 39.9 Å². The van der Waals surface area contributed by atoms with E-state index >= 15 is 0 Å². The molecule has 0 bridgehead atoms. The number of amides is 3. The summed E-state index contributed by atoms with van der Waals surface area (Å²) in [6, 6.07) is 11.1. The fourth-order valence-electron chi connectivity index (χ4n) is 3.30. The summed E-state index contributed by atoms with van der Waals surface area (Å²) in [5.74, 6) is -0.984. The van der Waals surface area contributed by atoms with Gasteiger partial charge in [0.1, 0.15) is 0 Å². The number of carbonyl (C=O) groups excluding carboxylic acids is 3. The van der Waals surface area contributed by atoms with Gasteiger partial charge >= 0.3 is 6.18 Å². The molecule has 1 fully saturated rings. The van der Waals surface area contributed by atoms with Crippen LogP contribution >= 0.6 is 11.3 Å². The molecule has 1 N–H and O–H groups in total. The summed E-state index contributed by atoms with van der Waals surface area (Å²) in [6.07, 6.45) is -2.30. The molecule has 1 aliphatic rings. The summed E-state index contributed by atoms with van der Waals surface area (Å²) < 4.78 is 38.6. The zero-order valence-corrected chi connectivity index (χ0v) is 17.3. The van der Waals surface area contributed by atoms with Crippen LogP contribution in [-0.2, 0) is 22.2 Å². The fourth-order valence-corrected chi connectivity index (χ4v) is 4.14. The molecule has 1 saturated heterocycles. The molecule has 0 saturated carbocycles. The number of nitrogens with zero attached hydrogens (tertiary/aromatic N) is 2. The van der Waals surface area contributed by atoms with Crippen LogP contribution < -0.4 is 10.2 Å². The molecule has 4 rings (SSSR count). The Balaban J connectivity index is 1.41. The lowest BCUT2D eigenvalue weighted by Gasteiger charge is -2.13. The van der Waals surface area contributed by atoms with Crippen molar-refractivity contribution in [3.05, 3.63) is 76.3 Å². The van der Waals surface area contributed by atoms with Crippen LogP contribution in [0.1, 0.15) is 39.2 Å². The number of nitrogens with one attached hydrogen (secondary N) is 1. The molecular formula is C22H16F3N3O3S. The van der Waals surface area contributed by atoms with Crippen molar-refractivity contribution < 1.29 is 27.6 Å². The van der Waals surface area contributed by atoms with Gasteiger partial charge in [0.05, 0.1) is 11.3 Å². The number of anilines is 2. The number of imide groups is 1. The van der Waals surface area contributed by atoms with Crippen LogP contribution in [0.25, 0.3) is 0 Å². The number of benzene rings is 2. The number of aromatic nitrogens is 1. The SMILES string of the molecule is O=C(Nc1ncc(Cc2cccc(C(F)(F)F)c2)s1)c1ccc(N2C(=O)CCC2=O)cc1. The predicted molar refractivity (Wildman–Crippen MR) is 112 cm³/mol. The highest BCUT2D eigenvalue weighted by molar-refractivity contribution is 7.15. The molecule has 2 aromatic carbocycles. The Morgan fingerprint density at radius 3 is 2.41 bits per heavy atom. The van der Waals surface area contributed by atoms with Crippen LogP contribution in [0.2, 0.25) is 0 Å². The van der Waals surface area contributed by atoms with Gasteiger partial charge < -0.3 is 0 Å². The lowest BCUT2D eigenvalue weighted by Crippen LogP contribution is -2.28. The second-order valence-electron chi connectivity index (χ2n) is 7.13. The van der Waals surface area contributed by atoms with Crippen molar-refractivity contribution in [1.82, 2.24) is 4.98 Å². The molecule has 3 aromatic rings. The van der Waals surface area contributed by atoms with Gasteiger partial charge in [-0.2, -0.15) is 13.2 Å². The number of hydrogen-bond acceptors (Lipinski definition) is 5. The van der Waals surface area contributed by atoms with Crippen molar-refractivity contribution in [1.29, 1.82) is 0 Å². The Labute approximate surface area is 184 Å². The van der Waals surface area contributed by atoms with Gasteiger partial charge in [0.15, 0.2) is 5.13 Å². The average molecular weight is 459 g/mol. The van der Waals surface area contributed by atoms with Crippen LogP contribution in [0.15, 0.2) is 54.7 Å². The molecule has 0 aliphatic carbocycles. The van der Waals surface area contributed by atoms with Crippen molar-refractivity contribution in [3.8, 4) is 0 Å². The minimum atomic E-state index is -4.41. The van der Waals surface area contributed by atoms with E-state index in [1.807, 2.05) is 0 Å². The van der Waals surface area contributed by atoms with E-state index in [0.717, 1.165) is 17.0 Å². The van der Waals surface area contributed by atoms with Gasteiger partial charge in [-0.3, -0.25) is 24.6 Å². The summed E-state index contributed by atoms with van der Waals surface area (Å²) in [7, 11) is 0. The Morgan fingerprint density at radius 1 is 1.06 bits per heavy atom. The molecular weight excluding hydrogens is 443 g/mol. The Kier molecular flexibility index (Phi) is 5.79. The first-order valence-corrected chi connectivity index (χ1v) is 10.4. The molecule has 3 amide bonds. The first-order valence-electron chi connectivity index (χ1n) is 9.59. The maximum atomic E-state index is 12.9. The maximum Gasteiger partial charge on any atom is 0.416 e. The Morgan fingerprint density at radius 2 is 1.75 bits per heavy atom. The van der Waals surface area contributed by atoms with Crippen molar-refractivity contribution in [3.63, 3.8) is 0 Å². The standard InChI is InChI=1S/C22H16F3N3O3S/c23-22(24,25)15-3-1-2-13(10-15)11-17-12-26-21(32-17)27-20(31)14-4-6-16(7-5-14)28-18(29)8-9-19(28)30/h1-7,10,12H,8-9,11H2,(H,26,27,31). The largest absolute Gasteiger partial charge is 0.416 e. The number of alkyl halides is 3. The third kappa shape index (κ3) is 4.70. The molecule has 0 spiro atoms. The predicted octanol–water partition coefficient (Wildman–Crippen LogP) is 4.66. The van der Waals surface area contributed by atoms with Crippen LogP contribution in [-0.4, -0.2) is 22.7 Å². The maximum absolute atomic E-state index is 12.9. The van der Waals surface area contributed by atoms with E-state index in [2.05, 4.69) is 10.3 Å². The van der Waals surface area contributed by atoms with E-state index in [0.29, 0.717) is 26.8 Å². The van der Waals surface area contributed by atoms with Gasteiger partial charge in [-0.15, -0.1) is 11.3 Å². The van der Waals surface area contributed by atoms with Gasteiger partial charge in [0.25, 0.3) is 5.91 Å².